The lowest BCUT2D eigenvalue weighted by Gasteiger charge is -2.35. The predicted octanol–water partition coefficient (Wildman–Crippen LogP) is 4.00. The van der Waals surface area contributed by atoms with E-state index in [0.29, 0.717) is 31.1 Å². The second-order valence-electron chi connectivity index (χ2n) is 9.13. The van der Waals surface area contributed by atoms with Gasteiger partial charge in [0.05, 0.1) is 30.3 Å². The number of fused-ring (bicyclic) bond motifs is 3. The molecule has 3 atom stereocenters. The molecule has 2 aliphatic heterocycles. The molecule has 6 rings (SSSR count). The molecule has 1 aliphatic carbocycles. The van der Waals surface area contributed by atoms with Crippen LogP contribution in [0.5, 0.6) is 5.88 Å². The number of aromatic nitrogens is 2. The maximum atomic E-state index is 12.6. The van der Waals surface area contributed by atoms with Crippen LogP contribution in [0.3, 0.4) is 0 Å². The van der Waals surface area contributed by atoms with E-state index >= 15 is 0 Å². The van der Waals surface area contributed by atoms with Crippen molar-refractivity contribution in [2.24, 2.45) is 5.92 Å². The molecule has 0 radical (unpaired) electrons. The lowest BCUT2D eigenvalue weighted by atomic mass is 9.96. The number of nitrogens with zero attached hydrogens (tertiary/aromatic N) is 4. The number of rotatable bonds is 4. The largest absolute Gasteiger partial charge is 0.470 e. The molecule has 1 aromatic carbocycles. The Bertz CT molecular complexity index is 1250. The van der Waals surface area contributed by atoms with E-state index in [9.17, 15) is 4.79 Å². The van der Waals surface area contributed by atoms with E-state index < -0.39 is 0 Å². The van der Waals surface area contributed by atoms with Crippen LogP contribution in [0.1, 0.15) is 25.3 Å². The fraction of sp³-hybridized carbons (Fsp3) is 0.417. The topological polar surface area (TPSA) is 97.6 Å². The van der Waals surface area contributed by atoms with Crippen LogP contribution in [-0.2, 0) is 9.47 Å². The summed E-state index contributed by atoms with van der Waals surface area (Å²) in [5.41, 5.74) is 3.13. The van der Waals surface area contributed by atoms with Crippen molar-refractivity contribution in [1.82, 2.24) is 14.9 Å². The summed E-state index contributed by atoms with van der Waals surface area (Å²) in [7, 11) is 0. The number of carbonyl (C=O) groups is 1. The average Bonchev–Trinajstić information content (AvgIpc) is 3.31. The van der Waals surface area contributed by atoms with Crippen LogP contribution in [0.25, 0.3) is 21.3 Å². The van der Waals surface area contributed by atoms with E-state index in [1.165, 1.54) is 17.7 Å². The summed E-state index contributed by atoms with van der Waals surface area (Å²) in [4.78, 5) is 23.2. The van der Waals surface area contributed by atoms with Gasteiger partial charge < -0.3 is 19.1 Å². The highest BCUT2D eigenvalue weighted by Crippen LogP contribution is 2.41. The number of benzene rings is 1. The molecule has 3 aliphatic rings. The SMILES string of the molecule is CC1(OC(=O)N2CC3COC(C2)C3Oc2ncnc3c(-c4ccc(C#N)cc4)csc23)CC1. The second-order valence-corrected chi connectivity index (χ2v) is 10.0. The molecule has 2 saturated heterocycles. The van der Waals surface area contributed by atoms with Crippen LogP contribution in [0.15, 0.2) is 36.0 Å². The summed E-state index contributed by atoms with van der Waals surface area (Å²) >= 11 is 1.54. The van der Waals surface area contributed by atoms with Crippen molar-refractivity contribution in [3.63, 3.8) is 0 Å². The molecule has 4 heterocycles. The minimum absolute atomic E-state index is 0.0614. The molecule has 2 aromatic heterocycles. The Labute approximate surface area is 194 Å². The van der Waals surface area contributed by atoms with Crippen molar-refractivity contribution < 1.29 is 19.0 Å². The van der Waals surface area contributed by atoms with E-state index in [-0.39, 0.29) is 29.8 Å². The highest BCUT2D eigenvalue weighted by Gasteiger charge is 2.49. The van der Waals surface area contributed by atoms with E-state index in [1.54, 1.807) is 17.0 Å². The molecule has 1 amide bonds. The summed E-state index contributed by atoms with van der Waals surface area (Å²) in [6.45, 7) is 3.52. The molecule has 33 heavy (non-hydrogen) atoms. The van der Waals surface area contributed by atoms with Crippen molar-refractivity contribution in [3.05, 3.63) is 41.5 Å². The molecule has 2 bridgehead atoms. The monoisotopic (exact) mass is 462 g/mol. The van der Waals surface area contributed by atoms with Crippen molar-refractivity contribution in [2.75, 3.05) is 19.7 Å². The zero-order valence-corrected chi connectivity index (χ0v) is 18.9. The molecule has 3 aromatic rings. The summed E-state index contributed by atoms with van der Waals surface area (Å²) in [6, 6.07) is 9.59. The van der Waals surface area contributed by atoms with Gasteiger partial charge in [0.2, 0.25) is 5.88 Å². The molecule has 1 saturated carbocycles. The minimum atomic E-state index is -0.289. The lowest BCUT2D eigenvalue weighted by molar-refractivity contribution is -0.00746. The fourth-order valence-corrected chi connectivity index (χ4v) is 5.43. The van der Waals surface area contributed by atoms with Gasteiger partial charge in [-0.05, 0) is 37.5 Å². The number of carbonyl (C=O) groups excluding carboxylic acids is 1. The zero-order valence-electron chi connectivity index (χ0n) is 18.1. The number of hydrogen-bond donors (Lipinski definition) is 0. The van der Waals surface area contributed by atoms with Crippen LogP contribution >= 0.6 is 11.3 Å². The third-order valence-electron chi connectivity index (χ3n) is 6.65. The standard InChI is InChI=1S/C24H22N4O4S/c1-24(6-7-24)32-23(29)28-9-16-11-30-18(10-28)20(16)31-22-21-19(26-13-27-22)17(12-33-21)15-4-2-14(8-25)3-5-15/h2-5,12-13,16,18,20H,6-7,9-11H2,1H3. The molecule has 3 fully saturated rings. The Balaban J connectivity index is 1.21. The number of ether oxygens (including phenoxy) is 3. The van der Waals surface area contributed by atoms with Gasteiger partial charge in [0.15, 0.2) is 0 Å². The van der Waals surface area contributed by atoms with Crippen LogP contribution in [0, 0.1) is 17.2 Å². The zero-order chi connectivity index (χ0) is 22.6. The van der Waals surface area contributed by atoms with Gasteiger partial charge in [0.25, 0.3) is 0 Å². The van der Waals surface area contributed by atoms with Crippen molar-refractivity contribution in [3.8, 4) is 23.1 Å². The molecule has 8 nitrogen and oxygen atoms in total. The number of nitriles is 1. The van der Waals surface area contributed by atoms with Gasteiger partial charge in [-0.1, -0.05) is 12.1 Å². The van der Waals surface area contributed by atoms with Crippen molar-refractivity contribution in [2.45, 2.75) is 37.6 Å². The van der Waals surface area contributed by atoms with E-state index in [2.05, 4.69) is 16.0 Å². The Hall–Kier alpha value is -3.22. The quantitative estimate of drug-likeness (QED) is 0.578. The Morgan fingerprint density at radius 3 is 2.82 bits per heavy atom. The number of thiophene rings is 1. The third-order valence-corrected chi connectivity index (χ3v) is 7.61. The average molecular weight is 463 g/mol. The third kappa shape index (κ3) is 3.69. The normalized spacial score (nSPS) is 25.0. The number of piperidine rings is 1. The van der Waals surface area contributed by atoms with Gasteiger partial charge >= 0.3 is 6.09 Å². The first-order valence-electron chi connectivity index (χ1n) is 11.0. The predicted molar refractivity (Wildman–Crippen MR) is 121 cm³/mol. The first-order valence-corrected chi connectivity index (χ1v) is 11.9. The Morgan fingerprint density at radius 2 is 2.09 bits per heavy atom. The van der Waals surface area contributed by atoms with E-state index in [0.717, 1.165) is 34.2 Å². The van der Waals surface area contributed by atoms with Crippen LogP contribution in [-0.4, -0.2) is 58.5 Å². The Morgan fingerprint density at radius 1 is 1.27 bits per heavy atom. The number of amides is 1. The van der Waals surface area contributed by atoms with Gasteiger partial charge in [-0.25, -0.2) is 14.8 Å². The van der Waals surface area contributed by atoms with Crippen molar-refractivity contribution in [1.29, 1.82) is 5.26 Å². The lowest BCUT2D eigenvalue weighted by Crippen LogP contribution is -2.53. The van der Waals surface area contributed by atoms with Gasteiger partial charge in [-0.15, -0.1) is 11.3 Å². The first-order chi connectivity index (χ1) is 16.0. The van der Waals surface area contributed by atoms with Gasteiger partial charge in [-0.2, -0.15) is 5.26 Å². The molecular formula is C24H22N4O4S. The summed E-state index contributed by atoms with van der Waals surface area (Å²) in [5, 5.41) is 11.1. The molecule has 168 valence electrons. The second kappa shape index (κ2) is 7.68. The summed E-state index contributed by atoms with van der Waals surface area (Å²) in [6.07, 6.45) is 2.72. The molecular weight excluding hydrogens is 440 g/mol. The van der Waals surface area contributed by atoms with Crippen molar-refractivity contribution >= 4 is 27.6 Å². The van der Waals surface area contributed by atoms with Gasteiger partial charge in [-0.3, -0.25) is 0 Å². The maximum Gasteiger partial charge on any atom is 0.410 e. The highest BCUT2D eigenvalue weighted by atomic mass is 32.1. The number of hydrogen-bond acceptors (Lipinski definition) is 8. The molecule has 0 N–H and O–H groups in total. The highest BCUT2D eigenvalue weighted by molar-refractivity contribution is 7.18. The summed E-state index contributed by atoms with van der Waals surface area (Å²) < 4.78 is 18.9. The maximum absolute atomic E-state index is 12.6. The summed E-state index contributed by atoms with van der Waals surface area (Å²) in [5.74, 6) is 0.600. The molecule has 9 heteroatoms. The fourth-order valence-electron chi connectivity index (χ4n) is 4.47. The van der Waals surface area contributed by atoms with E-state index in [1.807, 2.05) is 24.4 Å². The van der Waals surface area contributed by atoms with Gasteiger partial charge in [0, 0.05) is 23.4 Å². The Kier molecular flexibility index (Phi) is 4.75. The molecule has 0 spiro atoms. The van der Waals surface area contributed by atoms with Crippen LogP contribution in [0.4, 0.5) is 4.79 Å². The van der Waals surface area contributed by atoms with Gasteiger partial charge in [0.1, 0.15) is 28.8 Å². The number of likely N-dealkylation sites (tertiary alicyclic amines) is 1. The first kappa shape index (κ1) is 20.4. The smallest absolute Gasteiger partial charge is 0.410 e. The van der Waals surface area contributed by atoms with Crippen LogP contribution < -0.4 is 4.74 Å². The van der Waals surface area contributed by atoms with E-state index in [4.69, 9.17) is 19.5 Å². The minimum Gasteiger partial charge on any atom is -0.470 e. The van der Waals surface area contributed by atoms with Crippen LogP contribution in [0.2, 0.25) is 0 Å². The molecule has 3 unspecified atom stereocenters.